The molecule has 1 heterocycles. The molecular formula is C20H41NO. The predicted molar refractivity (Wildman–Crippen MR) is 97.3 cm³/mol. The van der Waals surface area contributed by atoms with E-state index in [1.54, 1.807) is 0 Å². The fourth-order valence-corrected chi connectivity index (χ4v) is 3.61. The van der Waals surface area contributed by atoms with Crippen molar-refractivity contribution in [3.8, 4) is 0 Å². The molecule has 2 heteroatoms. The fraction of sp³-hybridized carbons (Fsp3) is 1.00. The standard InChI is InChI=1S/C20H41NO/c1-3-5-7-8-9-10-11-12-13-15-17-20(16-14-6-4-2)18-22-19-21-20/h21H,3-19H2,1-2H3. The molecule has 0 aromatic heterocycles. The molecule has 0 aromatic rings. The zero-order valence-electron chi connectivity index (χ0n) is 15.4. The molecule has 1 N–H and O–H groups in total. The molecule has 0 bridgehead atoms. The van der Waals surface area contributed by atoms with Gasteiger partial charge in [-0.3, -0.25) is 5.32 Å². The Bertz CT molecular complexity index is 236. The van der Waals surface area contributed by atoms with E-state index in [1.807, 2.05) is 0 Å². The Kier molecular flexibility index (Phi) is 12.1. The molecule has 1 aliphatic rings. The van der Waals surface area contributed by atoms with E-state index in [0.717, 1.165) is 13.3 Å². The van der Waals surface area contributed by atoms with Crippen LogP contribution in [0.3, 0.4) is 0 Å². The summed E-state index contributed by atoms with van der Waals surface area (Å²) in [6, 6.07) is 0. The molecule has 0 aromatic carbocycles. The molecule has 0 saturated carbocycles. The Morgan fingerprint density at radius 3 is 1.64 bits per heavy atom. The molecule has 1 rings (SSSR count). The lowest BCUT2D eigenvalue weighted by atomic mass is 9.87. The summed E-state index contributed by atoms with van der Waals surface area (Å²) in [5.74, 6) is 0. The molecule has 2 nitrogen and oxygen atoms in total. The minimum atomic E-state index is 0.315. The van der Waals surface area contributed by atoms with Crippen LogP contribution in [0.1, 0.15) is 110 Å². The third-order valence-electron chi connectivity index (χ3n) is 5.20. The lowest BCUT2D eigenvalue weighted by molar-refractivity contribution is 0.169. The smallest absolute Gasteiger partial charge is 0.0971 e. The maximum atomic E-state index is 5.62. The van der Waals surface area contributed by atoms with E-state index < -0.39 is 0 Å². The van der Waals surface area contributed by atoms with Crippen molar-refractivity contribution in [2.24, 2.45) is 0 Å². The number of nitrogens with one attached hydrogen (secondary N) is 1. The zero-order chi connectivity index (χ0) is 15.9. The molecule has 22 heavy (non-hydrogen) atoms. The third-order valence-corrected chi connectivity index (χ3v) is 5.20. The number of unbranched alkanes of at least 4 members (excludes halogenated alkanes) is 11. The van der Waals surface area contributed by atoms with Gasteiger partial charge in [-0.05, 0) is 12.8 Å². The van der Waals surface area contributed by atoms with Gasteiger partial charge in [0.25, 0.3) is 0 Å². The summed E-state index contributed by atoms with van der Waals surface area (Å²) in [7, 11) is 0. The van der Waals surface area contributed by atoms with Crippen LogP contribution < -0.4 is 5.32 Å². The van der Waals surface area contributed by atoms with Crippen LogP contribution in [0.5, 0.6) is 0 Å². The Labute approximate surface area is 139 Å². The average molecular weight is 312 g/mol. The molecular weight excluding hydrogens is 270 g/mol. The maximum absolute atomic E-state index is 5.62. The highest BCUT2D eigenvalue weighted by molar-refractivity contribution is 4.90. The summed E-state index contributed by atoms with van der Waals surface area (Å²) in [5, 5.41) is 3.64. The summed E-state index contributed by atoms with van der Waals surface area (Å²) in [6.45, 7) is 6.28. The Morgan fingerprint density at radius 2 is 1.14 bits per heavy atom. The summed E-state index contributed by atoms with van der Waals surface area (Å²) in [6.07, 6.45) is 20.9. The van der Waals surface area contributed by atoms with Gasteiger partial charge in [-0.1, -0.05) is 97.3 Å². The van der Waals surface area contributed by atoms with Crippen LogP contribution >= 0.6 is 0 Å². The molecule has 0 aliphatic carbocycles. The van der Waals surface area contributed by atoms with Crippen molar-refractivity contribution >= 4 is 0 Å². The lowest BCUT2D eigenvalue weighted by Gasteiger charge is -2.28. The van der Waals surface area contributed by atoms with Crippen LogP contribution in [0.15, 0.2) is 0 Å². The molecule has 1 fully saturated rings. The topological polar surface area (TPSA) is 21.3 Å². The Hall–Kier alpha value is -0.0800. The molecule has 0 radical (unpaired) electrons. The van der Waals surface area contributed by atoms with Crippen LogP contribution in [-0.4, -0.2) is 18.9 Å². The van der Waals surface area contributed by atoms with E-state index in [4.69, 9.17) is 4.74 Å². The zero-order valence-corrected chi connectivity index (χ0v) is 15.4. The SMILES string of the molecule is CCCCCCCCCCCCC1(CCCCC)COCN1. The van der Waals surface area contributed by atoms with Gasteiger partial charge in [-0.2, -0.15) is 0 Å². The second-order valence-corrected chi connectivity index (χ2v) is 7.34. The predicted octanol–water partition coefficient (Wildman–Crippen LogP) is 6.19. The van der Waals surface area contributed by atoms with Gasteiger partial charge >= 0.3 is 0 Å². The van der Waals surface area contributed by atoms with Crippen molar-refractivity contribution in [1.29, 1.82) is 0 Å². The first kappa shape index (κ1) is 20.0. The van der Waals surface area contributed by atoms with Gasteiger partial charge in [-0.25, -0.2) is 0 Å². The maximum Gasteiger partial charge on any atom is 0.0971 e. The first-order chi connectivity index (χ1) is 10.8. The van der Waals surface area contributed by atoms with Gasteiger partial charge < -0.3 is 4.74 Å². The van der Waals surface area contributed by atoms with E-state index in [0.29, 0.717) is 5.54 Å². The molecule has 1 atom stereocenters. The van der Waals surface area contributed by atoms with E-state index in [2.05, 4.69) is 19.2 Å². The fourth-order valence-electron chi connectivity index (χ4n) is 3.61. The number of ether oxygens (including phenoxy) is 1. The van der Waals surface area contributed by atoms with Gasteiger partial charge in [0.1, 0.15) is 0 Å². The van der Waals surface area contributed by atoms with Crippen molar-refractivity contribution in [2.45, 2.75) is 116 Å². The monoisotopic (exact) mass is 311 g/mol. The van der Waals surface area contributed by atoms with Crippen LogP contribution in [0.4, 0.5) is 0 Å². The Morgan fingerprint density at radius 1 is 0.682 bits per heavy atom. The number of hydrogen-bond donors (Lipinski definition) is 1. The van der Waals surface area contributed by atoms with Crippen LogP contribution in [0.25, 0.3) is 0 Å². The minimum Gasteiger partial charge on any atom is -0.364 e. The second kappa shape index (κ2) is 13.4. The molecule has 0 amide bonds. The summed E-state index contributed by atoms with van der Waals surface area (Å²) in [4.78, 5) is 0. The summed E-state index contributed by atoms with van der Waals surface area (Å²) < 4.78 is 5.62. The van der Waals surface area contributed by atoms with Crippen molar-refractivity contribution in [1.82, 2.24) is 5.32 Å². The summed E-state index contributed by atoms with van der Waals surface area (Å²) >= 11 is 0. The molecule has 132 valence electrons. The average Bonchev–Trinajstić information content (AvgIpc) is 2.98. The minimum absolute atomic E-state index is 0.315. The quantitative estimate of drug-likeness (QED) is 0.364. The molecule has 1 saturated heterocycles. The molecule has 1 aliphatic heterocycles. The van der Waals surface area contributed by atoms with E-state index in [1.165, 1.54) is 96.3 Å². The molecule has 1 unspecified atom stereocenters. The van der Waals surface area contributed by atoms with Gasteiger partial charge in [0.2, 0.25) is 0 Å². The molecule has 0 spiro atoms. The van der Waals surface area contributed by atoms with Crippen LogP contribution in [-0.2, 0) is 4.74 Å². The van der Waals surface area contributed by atoms with Gasteiger partial charge in [0.15, 0.2) is 0 Å². The van der Waals surface area contributed by atoms with Gasteiger partial charge in [0.05, 0.1) is 13.3 Å². The van der Waals surface area contributed by atoms with E-state index >= 15 is 0 Å². The van der Waals surface area contributed by atoms with Crippen LogP contribution in [0.2, 0.25) is 0 Å². The van der Waals surface area contributed by atoms with Gasteiger partial charge in [0, 0.05) is 5.54 Å². The first-order valence-corrected chi connectivity index (χ1v) is 10.2. The van der Waals surface area contributed by atoms with Crippen molar-refractivity contribution in [3.05, 3.63) is 0 Å². The largest absolute Gasteiger partial charge is 0.364 e. The number of rotatable bonds is 15. The normalized spacial score (nSPS) is 21.5. The highest BCUT2D eigenvalue weighted by Crippen LogP contribution is 2.26. The Balaban J connectivity index is 1.97. The van der Waals surface area contributed by atoms with Gasteiger partial charge in [-0.15, -0.1) is 0 Å². The highest BCUT2D eigenvalue weighted by Gasteiger charge is 2.32. The van der Waals surface area contributed by atoms with Crippen molar-refractivity contribution < 1.29 is 4.74 Å². The van der Waals surface area contributed by atoms with Crippen molar-refractivity contribution in [2.75, 3.05) is 13.3 Å². The second-order valence-electron chi connectivity index (χ2n) is 7.34. The number of hydrogen-bond acceptors (Lipinski definition) is 2. The van der Waals surface area contributed by atoms with Crippen molar-refractivity contribution in [3.63, 3.8) is 0 Å². The summed E-state index contributed by atoms with van der Waals surface area (Å²) in [5.41, 5.74) is 0.315. The third kappa shape index (κ3) is 9.15. The van der Waals surface area contributed by atoms with Crippen LogP contribution in [0, 0.1) is 0 Å². The first-order valence-electron chi connectivity index (χ1n) is 10.2. The van der Waals surface area contributed by atoms with E-state index in [9.17, 15) is 0 Å². The van der Waals surface area contributed by atoms with E-state index in [-0.39, 0.29) is 0 Å². The lowest BCUT2D eigenvalue weighted by Crippen LogP contribution is -2.42. The highest BCUT2D eigenvalue weighted by atomic mass is 16.5.